The fourth-order valence-electron chi connectivity index (χ4n) is 2.06. The van der Waals surface area contributed by atoms with E-state index >= 15 is 0 Å². The summed E-state index contributed by atoms with van der Waals surface area (Å²) in [5.74, 6) is -0.0154. The van der Waals surface area contributed by atoms with Gasteiger partial charge in [0.25, 0.3) is 0 Å². The molecule has 0 amide bonds. The molecule has 0 saturated heterocycles. The van der Waals surface area contributed by atoms with Crippen LogP contribution in [-0.4, -0.2) is 23.3 Å². The van der Waals surface area contributed by atoms with E-state index in [2.05, 4.69) is 15.5 Å². The lowest BCUT2D eigenvalue weighted by atomic mass is 10.1. The molecule has 0 fully saturated rings. The Kier molecular flexibility index (Phi) is 5.62. The first-order chi connectivity index (χ1) is 12.1. The van der Waals surface area contributed by atoms with Crippen molar-refractivity contribution in [2.75, 3.05) is 12.4 Å². The summed E-state index contributed by atoms with van der Waals surface area (Å²) in [4.78, 5) is 11.6. The van der Waals surface area contributed by atoms with Crippen LogP contribution in [0.2, 0.25) is 0 Å². The van der Waals surface area contributed by atoms with Crippen molar-refractivity contribution < 1.29 is 13.9 Å². The van der Waals surface area contributed by atoms with Gasteiger partial charge in [-0.1, -0.05) is 41.3 Å². The molecule has 0 aliphatic heterocycles. The second-order valence-electron chi connectivity index (χ2n) is 4.99. The number of nitrogens with one attached hydrogen (secondary N) is 1. The minimum Gasteiger partial charge on any atom is -0.465 e. The van der Waals surface area contributed by atoms with E-state index in [1.165, 1.54) is 42.3 Å². The number of carbonyl (C=O) groups excluding carboxylic acids is 1. The van der Waals surface area contributed by atoms with Crippen molar-refractivity contribution in [3.63, 3.8) is 0 Å². The van der Waals surface area contributed by atoms with Crippen molar-refractivity contribution in [1.29, 1.82) is 0 Å². The number of hydrogen-bond acceptors (Lipinski definition) is 7. The molecule has 0 atom stereocenters. The molecule has 3 aromatic rings. The van der Waals surface area contributed by atoms with E-state index in [1.807, 2.05) is 12.1 Å². The summed E-state index contributed by atoms with van der Waals surface area (Å²) in [7, 11) is 1.36. The van der Waals surface area contributed by atoms with Crippen molar-refractivity contribution in [3.8, 4) is 0 Å². The molecule has 8 heteroatoms. The van der Waals surface area contributed by atoms with E-state index in [4.69, 9.17) is 4.74 Å². The molecule has 0 aliphatic rings. The van der Waals surface area contributed by atoms with Crippen LogP contribution in [0.25, 0.3) is 0 Å². The molecule has 0 spiro atoms. The van der Waals surface area contributed by atoms with Gasteiger partial charge in [0.2, 0.25) is 5.13 Å². The lowest BCUT2D eigenvalue weighted by Crippen LogP contribution is -2.01. The van der Waals surface area contributed by atoms with Crippen LogP contribution >= 0.6 is 23.1 Å². The number of hydrogen-bond donors (Lipinski definition) is 1. The smallest absolute Gasteiger partial charge is 0.337 e. The lowest BCUT2D eigenvalue weighted by molar-refractivity contribution is 0.0600. The Hall–Kier alpha value is -2.45. The van der Waals surface area contributed by atoms with Crippen molar-refractivity contribution in [2.45, 2.75) is 10.1 Å². The third kappa shape index (κ3) is 4.77. The van der Waals surface area contributed by atoms with E-state index in [-0.39, 0.29) is 11.8 Å². The van der Waals surface area contributed by atoms with Crippen LogP contribution in [0.5, 0.6) is 0 Å². The maximum atomic E-state index is 13.2. The molecule has 2 aromatic carbocycles. The number of benzene rings is 2. The number of esters is 1. The Morgan fingerprint density at radius 1 is 1.24 bits per heavy atom. The first kappa shape index (κ1) is 17.4. The molecule has 0 aliphatic carbocycles. The minimum atomic E-state index is -0.357. The zero-order valence-corrected chi connectivity index (χ0v) is 14.9. The van der Waals surface area contributed by atoms with Crippen molar-refractivity contribution in [1.82, 2.24) is 10.2 Å². The van der Waals surface area contributed by atoms with E-state index in [0.29, 0.717) is 22.1 Å². The fourth-order valence-corrected chi connectivity index (χ4v) is 3.77. The van der Waals surface area contributed by atoms with Crippen LogP contribution in [0.4, 0.5) is 15.2 Å². The fraction of sp³-hybridized carbons (Fsp3) is 0.118. The Labute approximate surface area is 152 Å². The van der Waals surface area contributed by atoms with Gasteiger partial charge in [0.05, 0.1) is 12.7 Å². The van der Waals surface area contributed by atoms with E-state index in [9.17, 15) is 9.18 Å². The lowest BCUT2D eigenvalue weighted by Gasteiger charge is -2.02. The molecular formula is C17H14FN3O2S2. The molecule has 1 aromatic heterocycles. The Morgan fingerprint density at radius 2 is 2.08 bits per heavy atom. The van der Waals surface area contributed by atoms with Gasteiger partial charge in [-0.2, -0.15) is 0 Å². The molecule has 1 N–H and O–H groups in total. The predicted octanol–water partition coefficient (Wildman–Crippen LogP) is 4.50. The third-order valence-electron chi connectivity index (χ3n) is 3.19. The van der Waals surface area contributed by atoms with Crippen LogP contribution in [0, 0.1) is 5.82 Å². The summed E-state index contributed by atoms with van der Waals surface area (Å²) in [5.41, 5.74) is 2.13. The number of carbonyl (C=O) groups is 1. The maximum absolute atomic E-state index is 13.2. The number of aromatic nitrogens is 2. The minimum absolute atomic E-state index is 0.311. The average molecular weight is 375 g/mol. The second kappa shape index (κ2) is 8.09. The molecular weight excluding hydrogens is 361 g/mol. The number of rotatable bonds is 6. The van der Waals surface area contributed by atoms with Crippen molar-refractivity contribution in [3.05, 3.63) is 65.5 Å². The van der Waals surface area contributed by atoms with Crippen LogP contribution in [0.1, 0.15) is 15.9 Å². The highest BCUT2D eigenvalue weighted by Gasteiger charge is 2.08. The molecule has 0 saturated carbocycles. The monoisotopic (exact) mass is 375 g/mol. The quantitative estimate of drug-likeness (QED) is 0.505. The summed E-state index contributed by atoms with van der Waals surface area (Å²) in [6.45, 7) is 0. The summed E-state index contributed by atoms with van der Waals surface area (Å²) in [6, 6.07) is 13.4. The molecule has 0 unspecified atom stereocenters. The summed E-state index contributed by atoms with van der Waals surface area (Å²) >= 11 is 2.90. The van der Waals surface area contributed by atoms with E-state index in [1.54, 1.807) is 24.3 Å². The Morgan fingerprint density at radius 3 is 2.88 bits per heavy atom. The number of methoxy groups -OCH3 is 1. The SMILES string of the molecule is COC(=O)c1cccc(CSc2nnc(Nc3cccc(F)c3)s2)c1. The highest BCUT2D eigenvalue weighted by molar-refractivity contribution is 8.00. The van der Waals surface area contributed by atoms with E-state index < -0.39 is 0 Å². The summed E-state index contributed by atoms with van der Waals surface area (Å²) in [5, 5.41) is 11.8. The van der Waals surface area contributed by atoms with Gasteiger partial charge in [-0.15, -0.1) is 10.2 Å². The first-order valence-corrected chi connectivity index (χ1v) is 9.10. The zero-order valence-electron chi connectivity index (χ0n) is 13.2. The van der Waals surface area contributed by atoms with Gasteiger partial charge >= 0.3 is 5.97 Å². The molecule has 3 rings (SSSR count). The standard InChI is InChI=1S/C17H14FN3O2S2/c1-23-15(22)12-5-2-4-11(8-12)10-24-17-21-20-16(25-17)19-14-7-3-6-13(18)9-14/h2-9H,10H2,1H3,(H,19,20). The van der Waals surface area contributed by atoms with Crippen LogP contribution in [0.15, 0.2) is 52.9 Å². The number of halogens is 1. The normalized spacial score (nSPS) is 10.5. The molecule has 5 nitrogen and oxygen atoms in total. The summed E-state index contributed by atoms with van der Waals surface area (Å²) < 4.78 is 18.7. The number of thioether (sulfide) groups is 1. The van der Waals surface area contributed by atoms with Gasteiger partial charge in [0.1, 0.15) is 5.82 Å². The third-order valence-corrected chi connectivity index (χ3v) is 5.24. The second-order valence-corrected chi connectivity index (χ2v) is 7.19. The van der Waals surface area contributed by atoms with Gasteiger partial charge < -0.3 is 10.1 Å². The molecule has 25 heavy (non-hydrogen) atoms. The Balaban J connectivity index is 1.61. The summed E-state index contributed by atoms with van der Waals surface area (Å²) in [6.07, 6.45) is 0. The number of nitrogens with zero attached hydrogens (tertiary/aromatic N) is 2. The maximum Gasteiger partial charge on any atom is 0.337 e. The van der Waals surface area contributed by atoms with Gasteiger partial charge in [0.15, 0.2) is 4.34 Å². The van der Waals surface area contributed by atoms with Gasteiger partial charge in [-0.3, -0.25) is 0 Å². The largest absolute Gasteiger partial charge is 0.465 e. The van der Waals surface area contributed by atoms with Crippen LogP contribution in [-0.2, 0) is 10.5 Å². The zero-order chi connectivity index (χ0) is 17.6. The van der Waals surface area contributed by atoms with Gasteiger partial charge in [-0.25, -0.2) is 9.18 Å². The predicted molar refractivity (Wildman–Crippen MR) is 96.9 cm³/mol. The van der Waals surface area contributed by atoms with Crippen molar-refractivity contribution >= 4 is 39.9 Å². The molecule has 0 radical (unpaired) electrons. The number of anilines is 2. The highest BCUT2D eigenvalue weighted by atomic mass is 32.2. The Bertz CT molecular complexity index is 886. The number of ether oxygens (including phenoxy) is 1. The molecule has 0 bridgehead atoms. The molecule has 128 valence electrons. The van der Waals surface area contributed by atoms with Gasteiger partial charge in [-0.05, 0) is 35.9 Å². The van der Waals surface area contributed by atoms with Crippen molar-refractivity contribution in [2.24, 2.45) is 0 Å². The van der Waals surface area contributed by atoms with Crippen LogP contribution < -0.4 is 5.32 Å². The highest BCUT2D eigenvalue weighted by Crippen LogP contribution is 2.30. The average Bonchev–Trinajstić information content (AvgIpc) is 3.07. The van der Waals surface area contributed by atoms with Gasteiger partial charge in [0, 0.05) is 11.4 Å². The van der Waals surface area contributed by atoms with Crippen LogP contribution in [0.3, 0.4) is 0 Å². The first-order valence-electron chi connectivity index (χ1n) is 7.30. The topological polar surface area (TPSA) is 64.1 Å². The van der Waals surface area contributed by atoms with E-state index in [0.717, 1.165) is 9.90 Å². The molecule has 1 heterocycles.